The van der Waals surface area contributed by atoms with E-state index in [4.69, 9.17) is 0 Å². The van der Waals surface area contributed by atoms with Gasteiger partial charge in [0.1, 0.15) is 9.21 Å². The number of carbonyl (C=O) groups is 1. The third kappa shape index (κ3) is 3.87. The van der Waals surface area contributed by atoms with E-state index in [9.17, 15) is 4.79 Å². The number of amides is 1. The molecule has 0 aliphatic carbocycles. The highest BCUT2D eigenvalue weighted by atomic mass is 79.9. The van der Waals surface area contributed by atoms with Crippen LogP contribution in [0.15, 0.2) is 21.3 Å². The first-order valence-corrected chi connectivity index (χ1v) is 6.58. The molecule has 1 aromatic heterocycles. The summed E-state index contributed by atoms with van der Waals surface area (Å²) in [5.74, 6) is -0.0874. The van der Waals surface area contributed by atoms with Crippen LogP contribution in [0.3, 0.4) is 0 Å². The van der Waals surface area contributed by atoms with Gasteiger partial charge in [-0.25, -0.2) is 4.98 Å². The Balaban J connectivity index is 2.89. The first-order chi connectivity index (χ1) is 7.34. The average molecular weight is 350 g/mol. The Morgan fingerprint density at radius 3 is 2.31 bits per heavy atom. The van der Waals surface area contributed by atoms with Crippen LogP contribution in [0.25, 0.3) is 0 Å². The second-order valence-electron chi connectivity index (χ2n) is 4.19. The fourth-order valence-electron chi connectivity index (χ4n) is 1.06. The van der Waals surface area contributed by atoms with Crippen LogP contribution in [0.2, 0.25) is 0 Å². The molecule has 0 saturated carbocycles. The summed E-state index contributed by atoms with van der Waals surface area (Å²) in [7, 11) is 0. The van der Waals surface area contributed by atoms with Gasteiger partial charge in [-0.15, -0.1) is 0 Å². The van der Waals surface area contributed by atoms with E-state index in [-0.39, 0.29) is 11.4 Å². The van der Waals surface area contributed by atoms with Crippen molar-refractivity contribution in [3.63, 3.8) is 0 Å². The predicted molar refractivity (Wildman–Crippen MR) is 71.5 cm³/mol. The van der Waals surface area contributed by atoms with Gasteiger partial charge in [0.15, 0.2) is 0 Å². The van der Waals surface area contributed by atoms with Crippen LogP contribution in [0.4, 0.5) is 0 Å². The summed E-state index contributed by atoms with van der Waals surface area (Å²) in [5.41, 5.74) is 0.398. The van der Waals surface area contributed by atoms with Crippen LogP contribution in [0.1, 0.15) is 37.6 Å². The lowest BCUT2D eigenvalue weighted by Gasteiger charge is -2.24. The van der Waals surface area contributed by atoms with Gasteiger partial charge in [-0.1, -0.05) is 6.92 Å². The van der Waals surface area contributed by atoms with E-state index in [2.05, 4.69) is 42.2 Å². The largest absolute Gasteiger partial charge is 0.347 e. The molecule has 1 heterocycles. The van der Waals surface area contributed by atoms with Crippen molar-refractivity contribution in [2.24, 2.45) is 0 Å². The minimum atomic E-state index is -0.195. The number of rotatable bonds is 3. The van der Waals surface area contributed by atoms with Crippen molar-refractivity contribution in [3.05, 3.63) is 26.9 Å². The first-order valence-electron chi connectivity index (χ1n) is 4.99. The van der Waals surface area contributed by atoms with Crippen LogP contribution in [0, 0.1) is 0 Å². The standard InChI is InChI=1S/C11H14Br2N2O/c1-4-11(2,3)15-10(16)7-5-8(12)14-9(13)6-7/h5-6H,4H2,1-3H3,(H,15,16). The Labute approximate surface area is 112 Å². The molecule has 1 rings (SSSR count). The maximum Gasteiger partial charge on any atom is 0.251 e. The molecule has 0 aromatic carbocycles. The molecule has 3 nitrogen and oxygen atoms in total. The Morgan fingerprint density at radius 2 is 1.88 bits per heavy atom. The predicted octanol–water partition coefficient (Wildman–Crippen LogP) is 3.53. The minimum Gasteiger partial charge on any atom is -0.347 e. The molecule has 0 spiro atoms. The molecular weight excluding hydrogens is 336 g/mol. The highest BCUT2D eigenvalue weighted by Gasteiger charge is 2.19. The van der Waals surface area contributed by atoms with Crippen molar-refractivity contribution in [1.82, 2.24) is 10.3 Å². The third-order valence-electron chi connectivity index (χ3n) is 2.36. The second-order valence-corrected chi connectivity index (χ2v) is 5.82. The second kappa shape index (κ2) is 5.27. The highest BCUT2D eigenvalue weighted by molar-refractivity contribution is 9.11. The monoisotopic (exact) mass is 348 g/mol. The van der Waals surface area contributed by atoms with E-state index in [1.165, 1.54) is 0 Å². The Morgan fingerprint density at radius 1 is 1.38 bits per heavy atom. The van der Waals surface area contributed by atoms with Gasteiger partial charge in [0.05, 0.1) is 0 Å². The SMILES string of the molecule is CCC(C)(C)NC(=O)c1cc(Br)nc(Br)c1. The van der Waals surface area contributed by atoms with E-state index in [1.807, 2.05) is 20.8 Å². The summed E-state index contributed by atoms with van der Waals surface area (Å²) in [6.07, 6.45) is 0.881. The van der Waals surface area contributed by atoms with Crippen molar-refractivity contribution < 1.29 is 4.79 Å². The van der Waals surface area contributed by atoms with Gasteiger partial charge in [0.25, 0.3) is 5.91 Å². The van der Waals surface area contributed by atoms with Crippen LogP contribution in [0.5, 0.6) is 0 Å². The molecule has 0 fully saturated rings. The van der Waals surface area contributed by atoms with Crippen molar-refractivity contribution in [2.75, 3.05) is 0 Å². The van der Waals surface area contributed by atoms with E-state index in [1.54, 1.807) is 12.1 Å². The Hall–Kier alpha value is -0.420. The third-order valence-corrected chi connectivity index (χ3v) is 3.17. The summed E-state index contributed by atoms with van der Waals surface area (Å²) >= 11 is 6.51. The number of pyridine rings is 1. The van der Waals surface area contributed by atoms with Crippen molar-refractivity contribution in [1.29, 1.82) is 0 Å². The van der Waals surface area contributed by atoms with Crippen LogP contribution < -0.4 is 5.32 Å². The zero-order valence-electron chi connectivity index (χ0n) is 9.47. The van der Waals surface area contributed by atoms with Gasteiger partial charge in [-0.3, -0.25) is 4.79 Å². The number of nitrogens with one attached hydrogen (secondary N) is 1. The van der Waals surface area contributed by atoms with Gasteiger partial charge in [0, 0.05) is 11.1 Å². The molecule has 0 aliphatic rings. The van der Waals surface area contributed by atoms with E-state index in [0.717, 1.165) is 6.42 Å². The lowest BCUT2D eigenvalue weighted by Crippen LogP contribution is -2.42. The number of hydrogen-bond donors (Lipinski definition) is 1. The molecule has 16 heavy (non-hydrogen) atoms. The number of carbonyl (C=O) groups excluding carboxylic acids is 1. The van der Waals surface area contributed by atoms with Gasteiger partial charge in [-0.2, -0.15) is 0 Å². The van der Waals surface area contributed by atoms with Crippen molar-refractivity contribution >= 4 is 37.8 Å². The molecule has 0 atom stereocenters. The van der Waals surface area contributed by atoms with E-state index < -0.39 is 0 Å². The molecule has 0 saturated heterocycles. The molecule has 88 valence electrons. The lowest BCUT2D eigenvalue weighted by atomic mass is 10.0. The molecular formula is C11H14Br2N2O. The zero-order chi connectivity index (χ0) is 12.3. The van der Waals surface area contributed by atoms with E-state index in [0.29, 0.717) is 14.8 Å². The van der Waals surface area contributed by atoms with Crippen LogP contribution in [-0.2, 0) is 0 Å². The van der Waals surface area contributed by atoms with Crippen LogP contribution in [-0.4, -0.2) is 16.4 Å². The minimum absolute atomic E-state index is 0.0874. The van der Waals surface area contributed by atoms with Gasteiger partial charge in [0.2, 0.25) is 0 Å². The maximum atomic E-state index is 11.9. The maximum absolute atomic E-state index is 11.9. The number of nitrogens with zero attached hydrogens (tertiary/aromatic N) is 1. The fraction of sp³-hybridized carbons (Fsp3) is 0.455. The number of hydrogen-bond acceptors (Lipinski definition) is 2. The molecule has 1 N–H and O–H groups in total. The molecule has 1 aromatic rings. The number of halogens is 2. The van der Waals surface area contributed by atoms with Gasteiger partial charge < -0.3 is 5.32 Å². The Bertz CT molecular complexity index is 385. The molecule has 0 bridgehead atoms. The molecule has 0 unspecified atom stereocenters. The fourth-order valence-corrected chi connectivity index (χ4v) is 2.18. The summed E-state index contributed by atoms with van der Waals surface area (Å²) in [5, 5.41) is 2.97. The van der Waals surface area contributed by atoms with E-state index >= 15 is 0 Å². The molecule has 0 radical (unpaired) electrons. The smallest absolute Gasteiger partial charge is 0.251 e. The topological polar surface area (TPSA) is 42.0 Å². The summed E-state index contributed by atoms with van der Waals surface area (Å²) in [6, 6.07) is 3.40. The van der Waals surface area contributed by atoms with Gasteiger partial charge in [-0.05, 0) is 64.3 Å². The summed E-state index contributed by atoms with van der Waals surface area (Å²) in [4.78, 5) is 16.0. The highest BCUT2D eigenvalue weighted by Crippen LogP contribution is 2.17. The Kier molecular flexibility index (Phi) is 4.50. The summed E-state index contributed by atoms with van der Waals surface area (Å²) < 4.78 is 1.28. The lowest BCUT2D eigenvalue weighted by molar-refractivity contribution is 0.0911. The van der Waals surface area contributed by atoms with Gasteiger partial charge >= 0.3 is 0 Å². The summed E-state index contributed by atoms with van der Waals surface area (Å²) in [6.45, 7) is 6.03. The molecule has 0 aliphatic heterocycles. The number of aromatic nitrogens is 1. The normalized spacial score (nSPS) is 11.3. The quantitative estimate of drug-likeness (QED) is 0.848. The zero-order valence-corrected chi connectivity index (χ0v) is 12.6. The molecule has 1 amide bonds. The first kappa shape index (κ1) is 13.6. The average Bonchev–Trinajstić information content (AvgIpc) is 2.15. The van der Waals surface area contributed by atoms with Crippen molar-refractivity contribution in [3.8, 4) is 0 Å². The molecule has 5 heteroatoms. The van der Waals surface area contributed by atoms with Crippen molar-refractivity contribution in [2.45, 2.75) is 32.7 Å². The van der Waals surface area contributed by atoms with Crippen LogP contribution >= 0.6 is 31.9 Å².